The van der Waals surface area contributed by atoms with Crippen LogP contribution in [0.15, 0.2) is 48.1 Å². The molecular formula is C59H112O11Si3. The summed E-state index contributed by atoms with van der Waals surface area (Å²) < 4.78 is 65.0. The van der Waals surface area contributed by atoms with Crippen LogP contribution < -0.4 is 4.74 Å². The molecule has 0 aromatic heterocycles. The molecule has 1 aliphatic heterocycles. The molecular weight excluding hydrogens is 969 g/mol. The van der Waals surface area contributed by atoms with Crippen molar-refractivity contribution >= 4 is 25.0 Å². The van der Waals surface area contributed by atoms with Crippen molar-refractivity contribution in [3.05, 3.63) is 53.6 Å². The van der Waals surface area contributed by atoms with E-state index in [0.29, 0.717) is 13.0 Å². The Kier molecular flexibility index (Phi) is 27.1. The van der Waals surface area contributed by atoms with Crippen molar-refractivity contribution in [1.82, 2.24) is 0 Å². The molecule has 1 heterocycles. The molecule has 14 heteroatoms. The molecule has 426 valence electrons. The van der Waals surface area contributed by atoms with Gasteiger partial charge in [0.15, 0.2) is 31.2 Å². The fraction of sp³-hybridized carbons (Fsp3) is 0.831. The van der Waals surface area contributed by atoms with Crippen molar-refractivity contribution in [2.24, 2.45) is 41.4 Å². The van der Waals surface area contributed by atoms with Gasteiger partial charge in [-0.2, -0.15) is 0 Å². The van der Waals surface area contributed by atoms with Crippen LogP contribution in [0.2, 0.25) is 54.4 Å². The average Bonchev–Trinajstić information content (AvgIpc) is 3.28. The third-order valence-electron chi connectivity index (χ3n) is 17.2. The van der Waals surface area contributed by atoms with Gasteiger partial charge in [-0.3, -0.25) is 0 Å². The van der Waals surface area contributed by atoms with E-state index in [1.165, 1.54) is 5.57 Å². The lowest BCUT2D eigenvalue weighted by atomic mass is 9.81. The molecule has 0 spiro atoms. The maximum Gasteiger partial charge on any atom is 0.195 e. The van der Waals surface area contributed by atoms with Crippen LogP contribution in [0, 0.1) is 41.4 Å². The number of benzene rings is 1. The van der Waals surface area contributed by atoms with Gasteiger partial charge in [-0.05, 0) is 91.4 Å². The number of allylic oxidation sites excluding steroid dienone is 1. The summed E-state index contributed by atoms with van der Waals surface area (Å²) >= 11 is 0. The molecule has 1 aromatic rings. The molecule has 14 atom stereocenters. The first-order valence-electron chi connectivity index (χ1n) is 27.6. The third-order valence-corrected chi connectivity index (χ3v) is 30.6. The zero-order valence-electron chi connectivity index (χ0n) is 51.4. The zero-order chi connectivity index (χ0) is 56.1. The first kappa shape index (κ1) is 67.9. The molecule has 0 amide bonds. The molecule has 11 nitrogen and oxygen atoms in total. The van der Waals surface area contributed by atoms with E-state index in [2.05, 4.69) is 175 Å². The largest absolute Gasteiger partial charge is 0.497 e. The van der Waals surface area contributed by atoms with Crippen LogP contribution in [0.4, 0.5) is 0 Å². The minimum atomic E-state index is -2.23. The lowest BCUT2D eigenvalue weighted by Crippen LogP contribution is -2.58. The van der Waals surface area contributed by atoms with Crippen LogP contribution in [0.25, 0.3) is 0 Å². The first-order valence-corrected chi connectivity index (χ1v) is 36.3. The van der Waals surface area contributed by atoms with Crippen LogP contribution in [0.1, 0.15) is 136 Å². The first-order chi connectivity index (χ1) is 33.5. The van der Waals surface area contributed by atoms with E-state index >= 15 is 0 Å². The topological polar surface area (TPSA) is 113 Å². The molecule has 1 aromatic carbocycles. The van der Waals surface area contributed by atoms with Gasteiger partial charge >= 0.3 is 0 Å². The molecule has 0 radical (unpaired) electrons. The molecule has 0 unspecified atom stereocenters. The summed E-state index contributed by atoms with van der Waals surface area (Å²) in [4.78, 5) is 0. The Morgan fingerprint density at radius 1 is 0.658 bits per heavy atom. The van der Waals surface area contributed by atoms with Gasteiger partial charge in [-0.1, -0.05) is 147 Å². The Labute approximate surface area is 451 Å². The Morgan fingerprint density at radius 3 is 1.70 bits per heavy atom. The number of aliphatic hydroxyl groups excluding tert-OH is 1. The Hall–Kier alpha value is -1.25. The summed E-state index contributed by atoms with van der Waals surface area (Å²) in [5.41, 5.74) is 2.33. The fourth-order valence-electron chi connectivity index (χ4n) is 9.33. The SMILES string of the molecule is COCO[C@@H]([C@@H](C)C=C[C@H](C[C@@H]1O[C@@H](O[Si](C)(C)C(C)(C)C)[C@H](C)[C@@H](O[Si](C)(C)C(C)(C)C)[C@H]1C)OCOC)[C@@H](C)C=C(C)C[C@H](C)[C@@H](O[Si](C)(C)C(C)(C)C)[C@H](C)[C@@H](OCc1ccc(OC)cc1)[C@@H](C)CO. The second-order valence-corrected chi connectivity index (χ2v) is 40.9. The number of hydrogen-bond donors (Lipinski definition) is 1. The third kappa shape index (κ3) is 20.2. The summed E-state index contributed by atoms with van der Waals surface area (Å²) in [5.74, 6) is 1.09. The van der Waals surface area contributed by atoms with E-state index in [1.54, 1.807) is 21.3 Å². The van der Waals surface area contributed by atoms with Crippen molar-refractivity contribution in [2.45, 2.75) is 234 Å². The molecule has 73 heavy (non-hydrogen) atoms. The molecule has 0 saturated carbocycles. The minimum Gasteiger partial charge on any atom is -0.497 e. The summed E-state index contributed by atoms with van der Waals surface area (Å²) in [6.07, 6.45) is 6.80. The molecule has 2 rings (SSSR count). The molecule has 0 aliphatic carbocycles. The Balaban J connectivity index is 2.50. The smallest absolute Gasteiger partial charge is 0.195 e. The van der Waals surface area contributed by atoms with E-state index in [-0.39, 0.29) is 113 Å². The summed E-state index contributed by atoms with van der Waals surface area (Å²) in [6.45, 7) is 53.2. The van der Waals surface area contributed by atoms with Gasteiger partial charge in [0.25, 0.3) is 0 Å². The zero-order valence-corrected chi connectivity index (χ0v) is 54.4. The average molecular weight is 1080 g/mol. The normalized spacial score (nSPS) is 23.9. The van der Waals surface area contributed by atoms with Gasteiger partial charge in [-0.15, -0.1) is 0 Å². The highest BCUT2D eigenvalue weighted by Gasteiger charge is 2.51. The second-order valence-electron chi connectivity index (χ2n) is 26.7. The number of aliphatic hydroxyl groups is 1. The van der Waals surface area contributed by atoms with Crippen molar-refractivity contribution in [3.63, 3.8) is 0 Å². The highest BCUT2D eigenvalue weighted by molar-refractivity contribution is 6.75. The lowest BCUT2D eigenvalue weighted by Gasteiger charge is -2.51. The highest BCUT2D eigenvalue weighted by atomic mass is 28.4. The van der Waals surface area contributed by atoms with Gasteiger partial charge in [0.2, 0.25) is 0 Å². The van der Waals surface area contributed by atoms with E-state index in [4.69, 9.17) is 46.4 Å². The molecule has 1 N–H and O–H groups in total. The summed E-state index contributed by atoms with van der Waals surface area (Å²) in [5, 5.41) is 10.6. The number of rotatable bonds is 30. The van der Waals surface area contributed by atoms with Crippen LogP contribution in [0.3, 0.4) is 0 Å². The predicted octanol–water partition coefficient (Wildman–Crippen LogP) is 14.8. The van der Waals surface area contributed by atoms with Gasteiger partial charge < -0.3 is 51.5 Å². The maximum atomic E-state index is 10.5. The van der Waals surface area contributed by atoms with Crippen LogP contribution >= 0.6 is 0 Å². The van der Waals surface area contributed by atoms with E-state index < -0.39 is 31.2 Å². The number of methoxy groups -OCH3 is 3. The standard InChI is InChI=1S/C59H112O11Si3/c1-40(34-43(4)54(68-71(21,22)57(9,10)11)46(7)53(44(5)36-60)64-37-48-28-31-49(63-20)32-29-48)33-42(3)52(66-39-62-19)41(2)27-30-50(65-38-61-18)35-51-45(6)55(69-72(23,24)58(12,13)14)47(8)56(67-51)70-73(25,26)59(15,16)17/h27-33,41-47,50-56,60H,34-39H2,1-26H3/t41-,42-,43-,44-,45-,46+,47+,50+,51-,52-,53-,54+,55-,56-/m0/s1. The molecule has 1 aliphatic rings. The Bertz CT molecular complexity index is 1780. The van der Waals surface area contributed by atoms with Crippen LogP contribution in [-0.2, 0) is 48.3 Å². The van der Waals surface area contributed by atoms with E-state index in [0.717, 1.165) is 17.7 Å². The molecule has 1 saturated heterocycles. The number of ether oxygens (including phenoxy) is 7. The Morgan fingerprint density at radius 2 is 1.19 bits per heavy atom. The van der Waals surface area contributed by atoms with Gasteiger partial charge in [0.1, 0.15) is 19.3 Å². The van der Waals surface area contributed by atoms with Gasteiger partial charge in [0, 0.05) is 62.8 Å². The molecule has 1 fully saturated rings. The summed E-state index contributed by atoms with van der Waals surface area (Å²) in [7, 11) is -1.56. The van der Waals surface area contributed by atoms with E-state index in [1.807, 2.05) is 24.3 Å². The van der Waals surface area contributed by atoms with Crippen molar-refractivity contribution in [2.75, 3.05) is 41.5 Å². The maximum absolute atomic E-state index is 10.5. The summed E-state index contributed by atoms with van der Waals surface area (Å²) in [6, 6.07) is 7.99. The van der Waals surface area contributed by atoms with Crippen molar-refractivity contribution in [3.8, 4) is 5.75 Å². The second kappa shape index (κ2) is 29.1. The lowest BCUT2D eigenvalue weighted by molar-refractivity contribution is -0.237. The fourth-order valence-corrected chi connectivity index (χ4v) is 13.5. The van der Waals surface area contributed by atoms with Gasteiger partial charge in [-0.25, -0.2) is 0 Å². The predicted molar refractivity (Wildman–Crippen MR) is 310 cm³/mol. The van der Waals surface area contributed by atoms with E-state index in [9.17, 15) is 5.11 Å². The quantitative estimate of drug-likeness (QED) is 0.0451. The highest BCUT2D eigenvalue weighted by Crippen LogP contribution is 2.46. The monoisotopic (exact) mass is 1080 g/mol. The minimum absolute atomic E-state index is 0.00237. The van der Waals surface area contributed by atoms with Crippen LogP contribution in [-0.4, -0.2) is 114 Å². The van der Waals surface area contributed by atoms with Crippen LogP contribution in [0.5, 0.6) is 5.75 Å². The van der Waals surface area contributed by atoms with Gasteiger partial charge in [0.05, 0.1) is 50.3 Å². The number of hydrogen-bond acceptors (Lipinski definition) is 11. The molecule has 0 bridgehead atoms. The van der Waals surface area contributed by atoms with Crippen molar-refractivity contribution < 1.29 is 51.5 Å². The van der Waals surface area contributed by atoms with Crippen molar-refractivity contribution in [1.29, 1.82) is 0 Å².